The fourth-order valence-corrected chi connectivity index (χ4v) is 5.22. The summed E-state index contributed by atoms with van der Waals surface area (Å²) in [5.74, 6) is -0.600. The maximum absolute atomic E-state index is 12.6. The maximum Gasteiger partial charge on any atom is 0.474 e. The van der Waals surface area contributed by atoms with Gasteiger partial charge in [0.2, 0.25) is 0 Å². The highest BCUT2D eigenvalue weighted by Gasteiger charge is 2.33. The quantitative estimate of drug-likeness (QED) is 0.0810. The van der Waals surface area contributed by atoms with Gasteiger partial charge in [0, 0.05) is 5.92 Å². The molecule has 0 radical (unpaired) electrons. The second-order valence-electron chi connectivity index (χ2n) is 9.38. The van der Waals surface area contributed by atoms with Gasteiger partial charge in [-0.2, -0.15) is 0 Å². The molecule has 0 amide bonds. The van der Waals surface area contributed by atoms with Gasteiger partial charge >= 0.3 is 13.8 Å². The van der Waals surface area contributed by atoms with E-state index >= 15 is 0 Å². The number of ether oxygens (including phenoxy) is 1. The Hall–Kier alpha value is -1.46. The van der Waals surface area contributed by atoms with Crippen molar-refractivity contribution < 1.29 is 27.7 Å². The molecule has 0 unspecified atom stereocenters. The average Bonchev–Trinajstić information content (AvgIpc) is 3.31. The predicted octanol–water partition coefficient (Wildman–Crippen LogP) is 8.28. The summed E-state index contributed by atoms with van der Waals surface area (Å²) in [4.78, 5) is 12.6. The molecule has 1 fully saturated rings. The fraction of sp³-hybridized carbons (Fsp3) is 0.679. The number of hydrogen-bond acceptors (Lipinski definition) is 6. The molecule has 1 saturated heterocycles. The summed E-state index contributed by atoms with van der Waals surface area (Å²) >= 11 is 0. The molecule has 2 rings (SSSR count). The highest BCUT2D eigenvalue weighted by atomic mass is 31.2. The lowest BCUT2D eigenvalue weighted by Crippen LogP contribution is -2.26. The number of hydrogen-bond donors (Lipinski definition) is 0. The number of carbonyl (C=O) groups excluding carboxylic acids is 1. The van der Waals surface area contributed by atoms with Crippen LogP contribution in [-0.4, -0.2) is 31.9 Å². The minimum absolute atomic E-state index is 0.104. The van der Waals surface area contributed by atoms with E-state index in [4.69, 9.17) is 18.3 Å². The van der Waals surface area contributed by atoms with Crippen LogP contribution in [0.2, 0.25) is 0 Å². The Labute approximate surface area is 212 Å². The third-order valence-electron chi connectivity index (χ3n) is 6.19. The number of unbranched alkanes of at least 4 members (excludes halogenated alkanes) is 11. The Morgan fingerprint density at radius 1 is 0.943 bits per heavy atom. The minimum Gasteiger partial charge on any atom is -0.454 e. The van der Waals surface area contributed by atoms with Gasteiger partial charge in [0.05, 0.1) is 25.4 Å². The van der Waals surface area contributed by atoms with Gasteiger partial charge < -0.3 is 4.74 Å². The molecule has 198 valence electrons. The number of rotatable bonds is 19. The summed E-state index contributed by atoms with van der Waals surface area (Å²) in [6, 6.07) is 8.93. The molecule has 0 saturated carbocycles. The van der Waals surface area contributed by atoms with E-state index in [2.05, 4.69) is 13.0 Å². The third kappa shape index (κ3) is 12.9. The predicted molar refractivity (Wildman–Crippen MR) is 140 cm³/mol. The molecule has 1 aliphatic heterocycles. The molecule has 0 spiro atoms. The summed E-state index contributed by atoms with van der Waals surface area (Å²) in [7, 11) is -3.48. The number of phosphoric acid groups is 1. The SMILES string of the molecule is CCCCCCCCCCCCC/C=C/[C@@H](OC(=O)c1ccccc1)[C@@H](C)COP1(=O)OCCO1. The monoisotopic (exact) mass is 508 g/mol. The van der Waals surface area contributed by atoms with Crippen LogP contribution in [0.1, 0.15) is 101 Å². The third-order valence-corrected chi connectivity index (χ3v) is 7.65. The van der Waals surface area contributed by atoms with E-state index in [-0.39, 0.29) is 31.7 Å². The first-order valence-corrected chi connectivity index (χ1v) is 15.0. The van der Waals surface area contributed by atoms with E-state index in [0.717, 1.165) is 12.8 Å². The summed E-state index contributed by atoms with van der Waals surface area (Å²) in [6.45, 7) is 4.78. The molecule has 6 nitrogen and oxygen atoms in total. The average molecular weight is 509 g/mol. The van der Waals surface area contributed by atoms with Crippen molar-refractivity contribution in [3.8, 4) is 0 Å². The van der Waals surface area contributed by atoms with Crippen LogP contribution in [0, 0.1) is 5.92 Å². The molecule has 0 aromatic heterocycles. The van der Waals surface area contributed by atoms with Crippen molar-refractivity contribution in [1.29, 1.82) is 0 Å². The minimum atomic E-state index is -3.48. The zero-order valence-corrected chi connectivity index (χ0v) is 22.6. The van der Waals surface area contributed by atoms with Crippen molar-refractivity contribution in [1.82, 2.24) is 0 Å². The molecular formula is C28H45O6P. The lowest BCUT2D eigenvalue weighted by atomic mass is 10.0. The smallest absolute Gasteiger partial charge is 0.454 e. The van der Waals surface area contributed by atoms with Crippen LogP contribution in [0.3, 0.4) is 0 Å². The van der Waals surface area contributed by atoms with E-state index in [0.29, 0.717) is 5.56 Å². The molecule has 7 heteroatoms. The second kappa shape index (κ2) is 17.9. The summed E-state index contributed by atoms with van der Waals surface area (Å²) < 4.78 is 33.7. The normalized spacial score (nSPS) is 17.0. The standard InChI is InChI=1S/C28H45O6P/c1-3-4-5-6-7-8-9-10-11-12-13-14-18-21-27(34-28(29)26-19-16-15-17-20-26)25(2)24-33-35(30)31-22-23-32-35/h15-21,25,27H,3-14,22-24H2,1-2H3/b21-18+/t25-,27+/m0/s1. The van der Waals surface area contributed by atoms with Crippen molar-refractivity contribution in [3.63, 3.8) is 0 Å². The fourth-order valence-electron chi connectivity index (χ4n) is 3.98. The Morgan fingerprint density at radius 2 is 1.51 bits per heavy atom. The molecule has 0 bridgehead atoms. The molecule has 0 aliphatic carbocycles. The molecule has 1 aromatic carbocycles. The van der Waals surface area contributed by atoms with Crippen LogP contribution in [-0.2, 0) is 22.9 Å². The zero-order valence-electron chi connectivity index (χ0n) is 21.7. The summed E-state index contributed by atoms with van der Waals surface area (Å²) in [5, 5.41) is 0. The number of phosphoric ester groups is 1. The molecule has 1 aromatic rings. The lowest BCUT2D eigenvalue weighted by molar-refractivity contribution is 0.0219. The van der Waals surface area contributed by atoms with Gasteiger partial charge in [0.15, 0.2) is 0 Å². The van der Waals surface area contributed by atoms with Crippen LogP contribution in [0.15, 0.2) is 42.5 Å². The molecule has 1 aliphatic rings. The number of allylic oxidation sites excluding steroid dienone is 1. The Balaban J connectivity index is 1.72. The Morgan fingerprint density at radius 3 is 2.11 bits per heavy atom. The van der Waals surface area contributed by atoms with Gasteiger partial charge in [-0.15, -0.1) is 0 Å². The van der Waals surface area contributed by atoms with Crippen LogP contribution in [0.4, 0.5) is 0 Å². The van der Waals surface area contributed by atoms with Gasteiger partial charge in [-0.05, 0) is 31.1 Å². The van der Waals surface area contributed by atoms with Crippen molar-refractivity contribution in [2.45, 2.75) is 97.0 Å². The van der Waals surface area contributed by atoms with Crippen molar-refractivity contribution in [2.24, 2.45) is 5.92 Å². The molecule has 1 heterocycles. The highest BCUT2D eigenvalue weighted by Crippen LogP contribution is 2.53. The molecular weight excluding hydrogens is 463 g/mol. The second-order valence-corrected chi connectivity index (χ2v) is 11.0. The number of benzene rings is 1. The first-order chi connectivity index (χ1) is 17.0. The maximum atomic E-state index is 12.6. The van der Waals surface area contributed by atoms with E-state index in [1.165, 1.54) is 64.2 Å². The van der Waals surface area contributed by atoms with E-state index in [1.54, 1.807) is 24.3 Å². The van der Waals surface area contributed by atoms with Crippen molar-refractivity contribution >= 4 is 13.8 Å². The van der Waals surface area contributed by atoms with E-state index in [9.17, 15) is 9.36 Å². The largest absolute Gasteiger partial charge is 0.474 e. The van der Waals surface area contributed by atoms with Gasteiger partial charge in [-0.1, -0.05) is 102 Å². The topological polar surface area (TPSA) is 71.1 Å². The van der Waals surface area contributed by atoms with Crippen molar-refractivity contribution in [2.75, 3.05) is 19.8 Å². The summed E-state index contributed by atoms with van der Waals surface area (Å²) in [6.07, 6.45) is 18.9. The van der Waals surface area contributed by atoms with E-state index < -0.39 is 13.9 Å². The molecule has 35 heavy (non-hydrogen) atoms. The highest BCUT2D eigenvalue weighted by molar-refractivity contribution is 7.48. The van der Waals surface area contributed by atoms with Gasteiger partial charge in [-0.25, -0.2) is 9.36 Å². The first kappa shape index (κ1) is 29.8. The van der Waals surface area contributed by atoms with Gasteiger partial charge in [0.25, 0.3) is 0 Å². The first-order valence-electron chi connectivity index (χ1n) is 13.5. The Bertz CT molecular complexity index is 756. The summed E-state index contributed by atoms with van der Waals surface area (Å²) in [5.41, 5.74) is 0.500. The van der Waals surface area contributed by atoms with Crippen molar-refractivity contribution in [3.05, 3.63) is 48.0 Å². The van der Waals surface area contributed by atoms with E-state index in [1.807, 2.05) is 19.1 Å². The zero-order chi connectivity index (χ0) is 25.2. The van der Waals surface area contributed by atoms with Crippen LogP contribution < -0.4 is 0 Å². The molecule has 2 atom stereocenters. The Kier molecular flexibility index (Phi) is 15.2. The lowest BCUT2D eigenvalue weighted by Gasteiger charge is -2.22. The van der Waals surface area contributed by atoms with Gasteiger partial charge in [0.1, 0.15) is 6.10 Å². The van der Waals surface area contributed by atoms with Crippen LogP contribution >= 0.6 is 7.82 Å². The van der Waals surface area contributed by atoms with Crippen LogP contribution in [0.25, 0.3) is 0 Å². The molecule has 0 N–H and O–H groups in total. The number of carbonyl (C=O) groups is 1. The van der Waals surface area contributed by atoms with Gasteiger partial charge in [-0.3, -0.25) is 13.6 Å². The van der Waals surface area contributed by atoms with Crippen LogP contribution in [0.5, 0.6) is 0 Å². The number of esters is 1.